The molecule has 0 spiro atoms. The Morgan fingerprint density at radius 3 is 2.53 bits per heavy atom. The quantitative estimate of drug-likeness (QED) is 0.725. The van der Waals surface area contributed by atoms with Crippen molar-refractivity contribution in [3.63, 3.8) is 0 Å². The molecule has 112 valence electrons. The Kier molecular flexibility index (Phi) is 5.48. The molecule has 2 fully saturated rings. The number of hydrogen-bond acceptors (Lipinski definition) is 3. The minimum absolute atomic E-state index is 0.305. The summed E-state index contributed by atoms with van der Waals surface area (Å²) in [6.45, 7) is 4.23. The van der Waals surface area contributed by atoms with Gasteiger partial charge >= 0.3 is 0 Å². The number of likely N-dealkylation sites (N-methyl/N-ethyl adjacent to an activating group) is 1. The summed E-state index contributed by atoms with van der Waals surface area (Å²) in [5.41, 5.74) is 0. The molecule has 2 rings (SSSR count). The van der Waals surface area contributed by atoms with Gasteiger partial charge in [0, 0.05) is 38.6 Å². The maximum atomic E-state index is 12.7. The van der Waals surface area contributed by atoms with Crippen LogP contribution < -0.4 is 0 Å². The van der Waals surface area contributed by atoms with E-state index < -0.39 is 10.2 Å². The molecule has 0 N–H and O–H groups in total. The zero-order chi connectivity index (χ0) is 13.9. The number of rotatable bonds is 3. The number of hydrogen-bond donors (Lipinski definition) is 0. The lowest BCUT2D eigenvalue weighted by molar-refractivity contribution is 0.259. The molecule has 0 radical (unpaired) electrons. The molecule has 2 aliphatic rings. The highest BCUT2D eigenvalue weighted by atomic mass is 35.5. The minimum atomic E-state index is -3.29. The van der Waals surface area contributed by atoms with Crippen LogP contribution in [0.25, 0.3) is 0 Å². The van der Waals surface area contributed by atoms with E-state index in [9.17, 15) is 8.42 Å². The van der Waals surface area contributed by atoms with Crippen molar-refractivity contribution in [1.82, 2.24) is 13.5 Å². The van der Waals surface area contributed by atoms with Crippen LogP contribution in [0.4, 0.5) is 0 Å². The average Bonchev–Trinajstić information content (AvgIpc) is 2.64. The molecule has 2 aliphatic heterocycles. The fraction of sp³-hybridized carbons (Fsp3) is 1.00. The van der Waals surface area contributed by atoms with Gasteiger partial charge in [-0.1, -0.05) is 0 Å². The SMILES string of the molecule is CN1CCCN(S(=O)(=O)N2CCCC(CCl)C2)CC1. The lowest BCUT2D eigenvalue weighted by atomic mass is 10.0. The summed E-state index contributed by atoms with van der Waals surface area (Å²) in [6.07, 6.45) is 2.87. The molecule has 0 amide bonds. The molecule has 0 aliphatic carbocycles. The van der Waals surface area contributed by atoms with E-state index in [0.717, 1.165) is 32.4 Å². The van der Waals surface area contributed by atoms with Gasteiger partial charge in [0.2, 0.25) is 0 Å². The topological polar surface area (TPSA) is 43.9 Å². The largest absolute Gasteiger partial charge is 0.305 e. The second-order valence-electron chi connectivity index (χ2n) is 5.58. The average molecular weight is 310 g/mol. The van der Waals surface area contributed by atoms with Crippen LogP contribution in [0.5, 0.6) is 0 Å². The van der Waals surface area contributed by atoms with Crippen LogP contribution in [0, 0.1) is 5.92 Å². The lowest BCUT2D eigenvalue weighted by Gasteiger charge is -2.34. The summed E-state index contributed by atoms with van der Waals surface area (Å²) in [4.78, 5) is 2.19. The smallest absolute Gasteiger partial charge is 0.282 e. The van der Waals surface area contributed by atoms with Crippen molar-refractivity contribution in [3.05, 3.63) is 0 Å². The fourth-order valence-corrected chi connectivity index (χ4v) is 4.79. The van der Waals surface area contributed by atoms with Gasteiger partial charge in [-0.3, -0.25) is 0 Å². The van der Waals surface area contributed by atoms with Gasteiger partial charge in [-0.15, -0.1) is 11.6 Å². The molecule has 2 heterocycles. The van der Waals surface area contributed by atoms with Crippen LogP contribution in [0.15, 0.2) is 0 Å². The molecule has 1 unspecified atom stereocenters. The highest BCUT2D eigenvalue weighted by Gasteiger charge is 2.33. The van der Waals surface area contributed by atoms with Crippen molar-refractivity contribution in [3.8, 4) is 0 Å². The van der Waals surface area contributed by atoms with E-state index in [0.29, 0.717) is 38.0 Å². The third-order valence-electron chi connectivity index (χ3n) is 4.03. The summed E-state index contributed by atoms with van der Waals surface area (Å²) in [5, 5.41) is 0. The Balaban J connectivity index is 2.04. The molecule has 0 aromatic heterocycles. The zero-order valence-corrected chi connectivity index (χ0v) is 13.2. The van der Waals surface area contributed by atoms with Crippen LogP contribution >= 0.6 is 11.6 Å². The highest BCUT2D eigenvalue weighted by molar-refractivity contribution is 7.86. The molecule has 2 saturated heterocycles. The van der Waals surface area contributed by atoms with Gasteiger partial charge in [0.1, 0.15) is 0 Å². The monoisotopic (exact) mass is 309 g/mol. The van der Waals surface area contributed by atoms with Crippen LogP contribution in [-0.2, 0) is 10.2 Å². The van der Waals surface area contributed by atoms with Crippen molar-refractivity contribution >= 4 is 21.8 Å². The van der Waals surface area contributed by atoms with Crippen LogP contribution in [0.3, 0.4) is 0 Å². The maximum Gasteiger partial charge on any atom is 0.282 e. The molecular formula is C12H24ClN3O2S. The number of nitrogens with zero attached hydrogens (tertiary/aromatic N) is 3. The molecule has 0 aromatic rings. The minimum Gasteiger partial charge on any atom is -0.305 e. The summed E-state index contributed by atoms with van der Waals surface area (Å²) in [6, 6.07) is 0. The first-order valence-electron chi connectivity index (χ1n) is 7.04. The predicted octanol–water partition coefficient (Wildman–Crippen LogP) is 0.819. The van der Waals surface area contributed by atoms with E-state index in [4.69, 9.17) is 11.6 Å². The van der Waals surface area contributed by atoms with Crippen LogP contribution in [-0.4, -0.2) is 74.1 Å². The first-order chi connectivity index (χ1) is 9.04. The Labute approximate surface area is 121 Å². The van der Waals surface area contributed by atoms with Crippen molar-refractivity contribution in [2.24, 2.45) is 5.92 Å². The Morgan fingerprint density at radius 1 is 1.05 bits per heavy atom. The molecule has 5 nitrogen and oxygen atoms in total. The van der Waals surface area contributed by atoms with Crippen molar-refractivity contribution < 1.29 is 8.42 Å². The molecule has 0 saturated carbocycles. The standard InChI is InChI=1S/C12H24ClN3O2S/c1-14-5-3-7-15(9-8-14)19(17,18)16-6-2-4-12(10-13)11-16/h12H,2-11H2,1H3. The Morgan fingerprint density at radius 2 is 1.79 bits per heavy atom. The molecule has 7 heteroatoms. The summed E-state index contributed by atoms with van der Waals surface area (Å²) >= 11 is 5.88. The predicted molar refractivity (Wildman–Crippen MR) is 77.6 cm³/mol. The molecule has 19 heavy (non-hydrogen) atoms. The first-order valence-corrected chi connectivity index (χ1v) is 8.97. The van der Waals surface area contributed by atoms with Gasteiger partial charge in [-0.25, -0.2) is 0 Å². The summed E-state index contributed by atoms with van der Waals surface area (Å²) in [5.74, 6) is 0.856. The normalized spacial score (nSPS) is 29.3. The molecular weight excluding hydrogens is 286 g/mol. The van der Waals surface area contributed by atoms with E-state index in [2.05, 4.69) is 4.90 Å². The van der Waals surface area contributed by atoms with Gasteiger partial charge in [-0.2, -0.15) is 17.0 Å². The molecule has 0 aromatic carbocycles. The second-order valence-corrected chi connectivity index (χ2v) is 7.82. The maximum absolute atomic E-state index is 12.7. The van der Waals surface area contributed by atoms with Crippen molar-refractivity contribution in [1.29, 1.82) is 0 Å². The third-order valence-corrected chi connectivity index (χ3v) is 6.47. The number of halogens is 1. The van der Waals surface area contributed by atoms with Crippen LogP contribution in [0.2, 0.25) is 0 Å². The van der Waals surface area contributed by atoms with Gasteiger partial charge in [0.15, 0.2) is 0 Å². The van der Waals surface area contributed by atoms with Gasteiger partial charge in [0.25, 0.3) is 10.2 Å². The number of piperidine rings is 1. The summed E-state index contributed by atoms with van der Waals surface area (Å²) < 4.78 is 28.6. The molecule has 0 bridgehead atoms. The van der Waals surface area contributed by atoms with E-state index in [-0.39, 0.29) is 0 Å². The zero-order valence-electron chi connectivity index (χ0n) is 11.6. The molecule has 1 atom stereocenters. The van der Waals surface area contributed by atoms with E-state index in [1.165, 1.54) is 0 Å². The third kappa shape index (κ3) is 3.82. The van der Waals surface area contributed by atoms with Gasteiger partial charge in [-0.05, 0) is 38.8 Å². The summed E-state index contributed by atoms with van der Waals surface area (Å²) in [7, 11) is -1.25. The Bertz CT molecular complexity index is 382. The highest BCUT2D eigenvalue weighted by Crippen LogP contribution is 2.22. The fourth-order valence-electron chi connectivity index (χ4n) is 2.78. The van der Waals surface area contributed by atoms with Crippen molar-refractivity contribution in [2.75, 3.05) is 52.2 Å². The van der Waals surface area contributed by atoms with Gasteiger partial charge in [0.05, 0.1) is 0 Å². The van der Waals surface area contributed by atoms with Gasteiger partial charge < -0.3 is 4.90 Å². The van der Waals surface area contributed by atoms with E-state index >= 15 is 0 Å². The number of alkyl halides is 1. The Hall–Kier alpha value is 0.120. The van der Waals surface area contributed by atoms with E-state index in [1.807, 2.05) is 7.05 Å². The lowest BCUT2D eigenvalue weighted by Crippen LogP contribution is -2.49. The van der Waals surface area contributed by atoms with Crippen LogP contribution in [0.1, 0.15) is 19.3 Å². The van der Waals surface area contributed by atoms with Crippen molar-refractivity contribution in [2.45, 2.75) is 19.3 Å². The second kappa shape index (κ2) is 6.72. The first kappa shape index (κ1) is 15.5. The van der Waals surface area contributed by atoms with E-state index in [1.54, 1.807) is 8.61 Å².